The fraction of sp³-hybridized carbons (Fsp3) is 0.625. The third-order valence-electron chi connectivity index (χ3n) is 5.22. The first-order chi connectivity index (χ1) is 12.9. The van der Waals surface area contributed by atoms with Crippen molar-refractivity contribution in [2.24, 2.45) is 0 Å². The second kappa shape index (κ2) is 7.45. The first kappa shape index (κ1) is 21.3. The molecule has 0 spiro atoms. The van der Waals surface area contributed by atoms with Crippen LogP contribution in [0, 0.1) is 5.82 Å². The summed E-state index contributed by atoms with van der Waals surface area (Å²) in [6.45, 7) is 1.41. The van der Waals surface area contributed by atoms with Crippen molar-refractivity contribution in [3.8, 4) is 0 Å². The topological polar surface area (TPSA) is 74.8 Å². The van der Waals surface area contributed by atoms with Gasteiger partial charge in [0.2, 0.25) is 0 Å². The van der Waals surface area contributed by atoms with Crippen molar-refractivity contribution in [1.29, 1.82) is 0 Å². The molecule has 3 rings (SSSR count). The van der Waals surface area contributed by atoms with Gasteiger partial charge in [-0.25, -0.2) is 21.2 Å². The largest absolute Gasteiger partial charge is 0.501 e. The molecular formula is C16H20F4N2O4S2. The molecule has 2 saturated heterocycles. The van der Waals surface area contributed by atoms with Gasteiger partial charge in [0.05, 0.1) is 17.2 Å². The molecule has 158 valence electrons. The maximum absolute atomic E-state index is 13.5. The molecule has 12 heteroatoms. The van der Waals surface area contributed by atoms with E-state index in [1.54, 1.807) is 0 Å². The Balaban J connectivity index is 1.77. The molecule has 0 bridgehead atoms. The Morgan fingerprint density at radius 3 is 2.11 bits per heavy atom. The van der Waals surface area contributed by atoms with Crippen LogP contribution in [0.3, 0.4) is 0 Å². The Labute approximate surface area is 161 Å². The molecule has 0 saturated carbocycles. The third-order valence-corrected chi connectivity index (χ3v) is 8.34. The Morgan fingerprint density at radius 2 is 1.57 bits per heavy atom. The van der Waals surface area contributed by atoms with Crippen LogP contribution in [-0.2, 0) is 19.7 Å². The Morgan fingerprint density at radius 1 is 1.00 bits per heavy atom. The second-order valence-electron chi connectivity index (χ2n) is 6.97. The van der Waals surface area contributed by atoms with Gasteiger partial charge in [-0.3, -0.25) is 4.90 Å². The zero-order valence-electron chi connectivity index (χ0n) is 14.8. The number of benzene rings is 1. The molecule has 0 amide bonds. The average molecular weight is 444 g/mol. The van der Waals surface area contributed by atoms with Crippen LogP contribution in [0.4, 0.5) is 23.2 Å². The van der Waals surface area contributed by atoms with Crippen molar-refractivity contribution in [2.45, 2.75) is 29.3 Å². The van der Waals surface area contributed by atoms with Gasteiger partial charge in [-0.15, -0.1) is 0 Å². The van der Waals surface area contributed by atoms with E-state index < -0.39 is 35.9 Å². The first-order valence-electron chi connectivity index (χ1n) is 8.71. The normalized spacial score (nSPS) is 22.4. The molecule has 2 aliphatic rings. The van der Waals surface area contributed by atoms with E-state index in [1.807, 2.05) is 0 Å². The minimum atomic E-state index is -5.68. The number of rotatable bonds is 3. The summed E-state index contributed by atoms with van der Waals surface area (Å²) in [7, 11) is -8.69. The van der Waals surface area contributed by atoms with Crippen LogP contribution in [0.15, 0.2) is 23.1 Å². The van der Waals surface area contributed by atoms with E-state index in [4.69, 9.17) is 0 Å². The summed E-state index contributed by atoms with van der Waals surface area (Å²) in [6.07, 6.45) is 1.09. The van der Waals surface area contributed by atoms with Crippen molar-refractivity contribution in [3.63, 3.8) is 0 Å². The minimum absolute atomic E-state index is 0.0786. The van der Waals surface area contributed by atoms with Gasteiger partial charge in [0.1, 0.15) is 10.7 Å². The van der Waals surface area contributed by atoms with Crippen molar-refractivity contribution < 1.29 is 34.4 Å². The lowest BCUT2D eigenvalue weighted by molar-refractivity contribution is -0.0435. The summed E-state index contributed by atoms with van der Waals surface area (Å²) in [5, 5.41) is 0. The Hall–Kier alpha value is -1.40. The lowest BCUT2D eigenvalue weighted by Gasteiger charge is -2.41. The lowest BCUT2D eigenvalue weighted by atomic mass is 10.0. The number of alkyl halides is 3. The molecule has 0 atom stereocenters. The molecule has 2 heterocycles. The number of anilines is 1. The molecule has 0 aliphatic carbocycles. The fourth-order valence-corrected chi connectivity index (χ4v) is 5.87. The summed E-state index contributed by atoms with van der Waals surface area (Å²) < 4.78 is 99.2. The highest BCUT2D eigenvalue weighted by atomic mass is 32.2. The van der Waals surface area contributed by atoms with E-state index in [2.05, 4.69) is 4.90 Å². The summed E-state index contributed by atoms with van der Waals surface area (Å²) >= 11 is 0. The predicted molar refractivity (Wildman–Crippen MR) is 95.1 cm³/mol. The number of nitrogens with zero attached hydrogens (tertiary/aromatic N) is 2. The molecule has 0 unspecified atom stereocenters. The van der Waals surface area contributed by atoms with Crippen LogP contribution in [0.25, 0.3) is 0 Å². The van der Waals surface area contributed by atoms with Crippen LogP contribution in [-0.4, -0.2) is 71.0 Å². The molecule has 1 aromatic carbocycles. The number of piperidine rings is 1. The van der Waals surface area contributed by atoms with Crippen molar-refractivity contribution in [2.75, 3.05) is 42.6 Å². The molecule has 6 nitrogen and oxygen atoms in total. The third kappa shape index (κ3) is 4.28. The monoisotopic (exact) mass is 444 g/mol. The van der Waals surface area contributed by atoms with E-state index in [0.717, 1.165) is 12.1 Å². The van der Waals surface area contributed by atoms with Crippen LogP contribution < -0.4 is 4.90 Å². The van der Waals surface area contributed by atoms with Gasteiger partial charge in [0.15, 0.2) is 9.84 Å². The lowest BCUT2D eigenvalue weighted by Crippen LogP contribution is -2.50. The maximum Gasteiger partial charge on any atom is 0.501 e. The summed E-state index contributed by atoms with van der Waals surface area (Å²) in [6, 6.07) is 2.48. The number of halogens is 4. The molecule has 0 aromatic heterocycles. The van der Waals surface area contributed by atoms with Gasteiger partial charge in [-0.2, -0.15) is 13.2 Å². The van der Waals surface area contributed by atoms with E-state index in [9.17, 15) is 34.4 Å². The van der Waals surface area contributed by atoms with Gasteiger partial charge < -0.3 is 4.90 Å². The Kier molecular flexibility index (Phi) is 5.67. The molecule has 0 N–H and O–H groups in total. The van der Waals surface area contributed by atoms with Crippen molar-refractivity contribution in [3.05, 3.63) is 24.0 Å². The average Bonchev–Trinajstić information content (AvgIpc) is 2.61. The number of sulfone groups is 2. The van der Waals surface area contributed by atoms with Crippen LogP contribution in [0.1, 0.15) is 12.8 Å². The molecule has 2 aliphatic heterocycles. The fourth-order valence-electron chi connectivity index (χ4n) is 3.65. The minimum Gasteiger partial charge on any atom is -0.370 e. The smallest absolute Gasteiger partial charge is 0.370 e. The van der Waals surface area contributed by atoms with Gasteiger partial charge in [0, 0.05) is 32.2 Å². The van der Waals surface area contributed by atoms with E-state index in [0.29, 0.717) is 45.1 Å². The quantitative estimate of drug-likeness (QED) is 0.663. The number of hydrogen-bond acceptors (Lipinski definition) is 6. The van der Waals surface area contributed by atoms with Crippen LogP contribution in [0.5, 0.6) is 0 Å². The highest BCUT2D eigenvalue weighted by molar-refractivity contribution is 7.92. The maximum atomic E-state index is 13.5. The SMILES string of the molecule is O=S1(=O)CCN(C2CCN(c3ccc(F)cc3S(=O)(=O)C(F)(F)F)CC2)CC1. The zero-order chi connectivity index (χ0) is 20.7. The highest BCUT2D eigenvalue weighted by Gasteiger charge is 2.48. The molecule has 0 radical (unpaired) electrons. The summed E-state index contributed by atoms with van der Waals surface area (Å²) in [4.78, 5) is 2.48. The van der Waals surface area contributed by atoms with E-state index >= 15 is 0 Å². The molecule has 1 aromatic rings. The van der Waals surface area contributed by atoms with Gasteiger partial charge in [0.25, 0.3) is 9.84 Å². The standard InChI is InChI=1S/C16H20F4N2O4S2/c17-12-1-2-14(15(11-12)28(25,26)16(18,19)20)22-5-3-13(4-6-22)21-7-9-27(23,24)10-8-21/h1-2,11,13H,3-10H2. The van der Waals surface area contributed by atoms with Gasteiger partial charge >= 0.3 is 5.51 Å². The highest BCUT2D eigenvalue weighted by Crippen LogP contribution is 2.37. The van der Waals surface area contributed by atoms with E-state index in [1.165, 1.54) is 4.90 Å². The first-order valence-corrected chi connectivity index (χ1v) is 12.0. The summed E-state index contributed by atoms with van der Waals surface area (Å²) in [5.41, 5.74) is -5.69. The second-order valence-corrected chi connectivity index (χ2v) is 11.2. The molecular weight excluding hydrogens is 424 g/mol. The molecule has 2 fully saturated rings. The van der Waals surface area contributed by atoms with Crippen LogP contribution in [0.2, 0.25) is 0 Å². The van der Waals surface area contributed by atoms with Gasteiger partial charge in [-0.1, -0.05) is 0 Å². The molecule has 28 heavy (non-hydrogen) atoms. The van der Waals surface area contributed by atoms with Crippen molar-refractivity contribution >= 4 is 25.4 Å². The van der Waals surface area contributed by atoms with Crippen molar-refractivity contribution in [1.82, 2.24) is 4.90 Å². The number of hydrogen-bond donors (Lipinski definition) is 0. The Bertz CT molecular complexity index is 926. The zero-order valence-corrected chi connectivity index (χ0v) is 16.5. The van der Waals surface area contributed by atoms with Gasteiger partial charge in [-0.05, 0) is 31.0 Å². The van der Waals surface area contributed by atoms with E-state index in [-0.39, 0.29) is 23.2 Å². The van der Waals surface area contributed by atoms with Crippen LogP contribution >= 0.6 is 0 Å². The predicted octanol–water partition coefficient (Wildman–Crippen LogP) is 1.82. The summed E-state index contributed by atoms with van der Waals surface area (Å²) in [5.74, 6) is -0.894.